The molecule has 4 aliphatic carbocycles. The highest BCUT2D eigenvalue weighted by molar-refractivity contribution is 6.01. The van der Waals surface area contributed by atoms with Gasteiger partial charge in [0.05, 0.1) is 0 Å². The van der Waals surface area contributed by atoms with Gasteiger partial charge in [0.25, 0.3) is 0 Å². The number of ketones is 1. The molecule has 3 saturated carbocycles. The van der Waals surface area contributed by atoms with Gasteiger partial charge in [-0.1, -0.05) is 38.0 Å². The predicted molar refractivity (Wildman–Crippen MR) is 122 cm³/mol. The zero-order valence-corrected chi connectivity index (χ0v) is 19.9. The van der Waals surface area contributed by atoms with Gasteiger partial charge >= 0.3 is 5.97 Å². The Morgan fingerprint density at radius 2 is 1.84 bits per heavy atom. The number of carbonyl (C=O) groups excluding carboxylic acids is 2. The predicted octanol–water partition coefficient (Wildman–Crippen LogP) is 6.20. The van der Waals surface area contributed by atoms with Gasteiger partial charge in [-0.3, -0.25) is 4.79 Å². The van der Waals surface area contributed by atoms with Crippen molar-refractivity contribution in [2.24, 2.45) is 40.4 Å². The minimum absolute atomic E-state index is 0.0280. The third-order valence-corrected chi connectivity index (χ3v) is 10.6. The molecule has 0 bridgehead atoms. The SMILES string of the molecule is CC1=C(C)C(=O)O[C@H]([C@@H](C)[C@H]2CC[C@H]3[C@@H]4CCC5=CC(=O)C=C[C@]5(C)[C@H]4CC[C@]23C)C1. The summed E-state index contributed by atoms with van der Waals surface area (Å²) >= 11 is 0. The molecule has 0 amide bonds. The molecule has 3 heteroatoms. The van der Waals surface area contributed by atoms with Crippen LogP contribution in [0.5, 0.6) is 0 Å². The summed E-state index contributed by atoms with van der Waals surface area (Å²) in [6.45, 7) is 11.3. The number of hydrogen-bond acceptors (Lipinski definition) is 3. The lowest BCUT2D eigenvalue weighted by molar-refractivity contribution is -0.151. The average molecular weight is 423 g/mol. The number of carbonyl (C=O) groups is 2. The second-order valence-electron chi connectivity index (χ2n) is 11.7. The third-order valence-electron chi connectivity index (χ3n) is 10.6. The Kier molecular flexibility index (Phi) is 4.92. The lowest BCUT2D eigenvalue weighted by Crippen LogP contribution is -2.51. The Balaban J connectivity index is 1.38. The van der Waals surface area contributed by atoms with E-state index in [0.29, 0.717) is 23.2 Å². The van der Waals surface area contributed by atoms with E-state index in [1.165, 1.54) is 43.3 Å². The van der Waals surface area contributed by atoms with Crippen LogP contribution in [0.25, 0.3) is 0 Å². The zero-order valence-electron chi connectivity index (χ0n) is 19.9. The number of rotatable bonds is 2. The van der Waals surface area contributed by atoms with Gasteiger partial charge in [0.1, 0.15) is 6.10 Å². The van der Waals surface area contributed by atoms with Gasteiger partial charge in [0.15, 0.2) is 5.78 Å². The highest BCUT2D eigenvalue weighted by Crippen LogP contribution is 2.67. The van der Waals surface area contributed by atoms with E-state index < -0.39 is 0 Å². The summed E-state index contributed by atoms with van der Waals surface area (Å²) in [5.41, 5.74) is 3.79. The van der Waals surface area contributed by atoms with Crippen molar-refractivity contribution in [3.05, 3.63) is 34.9 Å². The number of allylic oxidation sites excluding steroid dienone is 4. The number of fused-ring (bicyclic) bond motifs is 5. The Hall–Kier alpha value is -1.64. The van der Waals surface area contributed by atoms with E-state index in [2.05, 4.69) is 33.8 Å². The summed E-state index contributed by atoms with van der Waals surface area (Å²) in [4.78, 5) is 24.3. The fraction of sp³-hybridized carbons (Fsp3) is 0.714. The first-order valence-corrected chi connectivity index (χ1v) is 12.5. The molecule has 0 aromatic rings. The van der Waals surface area contributed by atoms with Gasteiger partial charge in [-0.2, -0.15) is 0 Å². The van der Waals surface area contributed by atoms with Crippen LogP contribution >= 0.6 is 0 Å². The second kappa shape index (κ2) is 7.18. The molecule has 0 saturated heterocycles. The zero-order chi connectivity index (χ0) is 22.1. The normalized spacial score (nSPS) is 45.5. The van der Waals surface area contributed by atoms with Crippen LogP contribution in [0.2, 0.25) is 0 Å². The molecule has 5 rings (SSSR count). The number of cyclic esters (lactones) is 1. The Bertz CT molecular complexity index is 907. The topological polar surface area (TPSA) is 43.4 Å². The fourth-order valence-corrected chi connectivity index (χ4v) is 8.55. The van der Waals surface area contributed by atoms with Crippen LogP contribution in [0.1, 0.15) is 79.6 Å². The summed E-state index contributed by atoms with van der Waals surface area (Å²) < 4.78 is 5.93. The number of esters is 1. The van der Waals surface area contributed by atoms with Crippen LogP contribution in [0, 0.1) is 40.4 Å². The molecular weight excluding hydrogens is 384 g/mol. The van der Waals surface area contributed by atoms with Gasteiger partial charge in [0.2, 0.25) is 0 Å². The summed E-state index contributed by atoms with van der Waals surface area (Å²) in [6.07, 6.45) is 14.3. The van der Waals surface area contributed by atoms with Crippen molar-refractivity contribution >= 4 is 11.8 Å². The van der Waals surface area contributed by atoms with E-state index in [1.54, 1.807) is 0 Å². The minimum Gasteiger partial charge on any atom is -0.458 e. The quantitative estimate of drug-likeness (QED) is 0.498. The van der Waals surface area contributed by atoms with Crippen molar-refractivity contribution in [1.29, 1.82) is 0 Å². The molecule has 1 heterocycles. The smallest absolute Gasteiger partial charge is 0.333 e. The van der Waals surface area contributed by atoms with Crippen molar-refractivity contribution in [2.75, 3.05) is 0 Å². The van der Waals surface area contributed by atoms with Crippen molar-refractivity contribution in [3.8, 4) is 0 Å². The van der Waals surface area contributed by atoms with Crippen LogP contribution < -0.4 is 0 Å². The molecule has 5 aliphatic rings. The van der Waals surface area contributed by atoms with Crippen molar-refractivity contribution < 1.29 is 14.3 Å². The highest BCUT2D eigenvalue weighted by Gasteiger charge is 2.59. The second-order valence-corrected chi connectivity index (χ2v) is 11.7. The molecule has 31 heavy (non-hydrogen) atoms. The highest BCUT2D eigenvalue weighted by atomic mass is 16.5. The standard InChI is InChI=1S/C28H38O3/c1-16-14-25(31-26(30)17(16)2)18(3)22-8-9-23-21-7-6-19-15-20(29)10-12-27(19,4)24(21)11-13-28(22,23)5/h10,12,15,18,21-25H,6-9,11,13-14H2,1-5H3/t18-,21-,22+,23-,24-,25-,27-,28+/m0/s1. The molecular formula is C28H38O3. The molecule has 3 fully saturated rings. The largest absolute Gasteiger partial charge is 0.458 e. The molecule has 0 aromatic carbocycles. The van der Waals surface area contributed by atoms with Gasteiger partial charge in [-0.05, 0) is 99.5 Å². The van der Waals surface area contributed by atoms with Crippen LogP contribution in [0.3, 0.4) is 0 Å². The monoisotopic (exact) mass is 422 g/mol. The van der Waals surface area contributed by atoms with E-state index in [-0.39, 0.29) is 23.3 Å². The van der Waals surface area contributed by atoms with E-state index >= 15 is 0 Å². The lowest BCUT2D eigenvalue weighted by Gasteiger charge is -2.57. The molecule has 1 aliphatic heterocycles. The molecule has 0 aromatic heterocycles. The number of ether oxygens (including phenoxy) is 1. The molecule has 0 N–H and O–H groups in total. The first-order valence-electron chi connectivity index (χ1n) is 12.5. The Morgan fingerprint density at radius 3 is 2.58 bits per heavy atom. The van der Waals surface area contributed by atoms with E-state index in [0.717, 1.165) is 30.3 Å². The first-order chi connectivity index (χ1) is 14.6. The molecule has 8 atom stereocenters. The summed E-state index contributed by atoms with van der Waals surface area (Å²) in [5.74, 6) is 3.24. The van der Waals surface area contributed by atoms with Gasteiger partial charge in [0, 0.05) is 17.4 Å². The summed E-state index contributed by atoms with van der Waals surface area (Å²) in [6, 6.07) is 0. The van der Waals surface area contributed by atoms with Gasteiger partial charge in [-0.15, -0.1) is 0 Å². The Morgan fingerprint density at radius 1 is 1.06 bits per heavy atom. The molecule has 0 spiro atoms. The molecule has 0 unspecified atom stereocenters. The van der Waals surface area contributed by atoms with E-state index in [1.807, 2.05) is 19.1 Å². The van der Waals surface area contributed by atoms with Crippen LogP contribution in [-0.2, 0) is 14.3 Å². The minimum atomic E-state index is -0.109. The van der Waals surface area contributed by atoms with E-state index in [4.69, 9.17) is 4.74 Å². The van der Waals surface area contributed by atoms with Crippen LogP contribution in [0.4, 0.5) is 0 Å². The van der Waals surface area contributed by atoms with Gasteiger partial charge in [-0.25, -0.2) is 4.79 Å². The molecule has 0 radical (unpaired) electrons. The first kappa shape index (κ1) is 21.2. The maximum Gasteiger partial charge on any atom is 0.333 e. The Labute approximate surface area is 187 Å². The lowest BCUT2D eigenvalue weighted by atomic mass is 9.47. The maximum absolute atomic E-state index is 12.4. The fourth-order valence-electron chi connectivity index (χ4n) is 8.55. The van der Waals surface area contributed by atoms with Gasteiger partial charge < -0.3 is 4.74 Å². The van der Waals surface area contributed by atoms with Crippen LogP contribution in [0.15, 0.2) is 34.9 Å². The maximum atomic E-state index is 12.4. The summed E-state index contributed by atoms with van der Waals surface area (Å²) in [5, 5.41) is 0. The van der Waals surface area contributed by atoms with Crippen molar-refractivity contribution in [3.63, 3.8) is 0 Å². The molecule has 168 valence electrons. The van der Waals surface area contributed by atoms with Crippen molar-refractivity contribution in [2.45, 2.75) is 85.7 Å². The van der Waals surface area contributed by atoms with E-state index in [9.17, 15) is 9.59 Å². The number of hydrogen-bond donors (Lipinski definition) is 0. The molecule has 3 nitrogen and oxygen atoms in total. The van der Waals surface area contributed by atoms with Crippen molar-refractivity contribution in [1.82, 2.24) is 0 Å². The van der Waals surface area contributed by atoms with Crippen LogP contribution in [-0.4, -0.2) is 17.9 Å². The average Bonchev–Trinajstić information content (AvgIpc) is 3.08. The summed E-state index contributed by atoms with van der Waals surface area (Å²) in [7, 11) is 0. The third kappa shape index (κ3) is 3.05.